The minimum atomic E-state index is -0.626. The van der Waals surface area contributed by atoms with Crippen LogP contribution in [0.1, 0.15) is 68.9 Å². The summed E-state index contributed by atoms with van der Waals surface area (Å²) in [6, 6.07) is 1.87. The van der Waals surface area contributed by atoms with Crippen LogP contribution in [0.4, 0.5) is 5.69 Å². The number of fused-ring (bicyclic) bond motifs is 1. The molecular formula is C23H29NO3S2. The number of ether oxygens (including phenoxy) is 1. The van der Waals surface area contributed by atoms with E-state index in [0.717, 1.165) is 11.3 Å². The predicted molar refractivity (Wildman–Crippen MR) is 121 cm³/mol. The number of cyclic esters (lactones) is 1. The van der Waals surface area contributed by atoms with E-state index < -0.39 is 6.23 Å². The van der Waals surface area contributed by atoms with Gasteiger partial charge in [-0.3, -0.25) is 9.69 Å². The zero-order valence-electron chi connectivity index (χ0n) is 18.2. The van der Waals surface area contributed by atoms with E-state index in [-0.39, 0.29) is 28.0 Å². The second-order valence-electron chi connectivity index (χ2n) is 9.07. The van der Waals surface area contributed by atoms with Crippen LogP contribution in [0, 0.1) is 23.2 Å². The van der Waals surface area contributed by atoms with E-state index in [1.807, 2.05) is 26.8 Å². The van der Waals surface area contributed by atoms with Gasteiger partial charge in [-0.05, 0) is 66.7 Å². The average molecular weight is 432 g/mol. The highest BCUT2D eigenvalue weighted by Crippen LogP contribution is 2.45. The molecule has 1 aromatic rings. The summed E-state index contributed by atoms with van der Waals surface area (Å²) in [7, 11) is 0. The summed E-state index contributed by atoms with van der Waals surface area (Å²) >= 11 is 3.04. The van der Waals surface area contributed by atoms with Crippen molar-refractivity contribution in [3.63, 3.8) is 0 Å². The fraction of sp³-hybridized carbons (Fsp3) is 0.565. The quantitative estimate of drug-likeness (QED) is 0.354. The van der Waals surface area contributed by atoms with E-state index in [9.17, 15) is 9.59 Å². The molecule has 0 saturated heterocycles. The average Bonchev–Trinajstić information content (AvgIpc) is 3.03. The molecule has 0 aromatic carbocycles. The van der Waals surface area contributed by atoms with Crippen LogP contribution in [0.5, 0.6) is 0 Å². The van der Waals surface area contributed by atoms with Crippen molar-refractivity contribution in [1.29, 1.82) is 0 Å². The first-order chi connectivity index (χ1) is 13.4. The van der Waals surface area contributed by atoms with Gasteiger partial charge in [-0.2, -0.15) is 11.8 Å². The highest BCUT2D eigenvalue weighted by molar-refractivity contribution is 8.00. The Labute approximate surface area is 182 Å². The van der Waals surface area contributed by atoms with E-state index in [4.69, 9.17) is 4.74 Å². The third kappa shape index (κ3) is 4.41. The summed E-state index contributed by atoms with van der Waals surface area (Å²) in [6.07, 6.45) is 5.18. The molecule has 1 aliphatic carbocycles. The van der Waals surface area contributed by atoms with Gasteiger partial charge in [-0.15, -0.1) is 11.3 Å². The number of nitrogens with zero attached hydrogens (tertiary/aromatic N) is 1. The molecule has 3 atom stereocenters. The Morgan fingerprint density at radius 1 is 1.41 bits per heavy atom. The van der Waals surface area contributed by atoms with Crippen LogP contribution in [0.2, 0.25) is 0 Å². The SMILES string of the molecule is CSC1(C)CC(C)=CCC1C(=O)N1c2cc(C#CC(C)(C)C)sc2C(=O)OC1C. The van der Waals surface area contributed by atoms with Crippen LogP contribution in [-0.2, 0) is 9.53 Å². The number of thiophene rings is 1. The number of amides is 1. The highest BCUT2D eigenvalue weighted by Gasteiger charge is 2.46. The fourth-order valence-corrected chi connectivity index (χ4v) is 5.57. The van der Waals surface area contributed by atoms with Crippen LogP contribution < -0.4 is 4.90 Å². The third-order valence-electron chi connectivity index (χ3n) is 5.43. The Balaban J connectivity index is 2.01. The highest BCUT2D eigenvalue weighted by atomic mass is 32.2. The fourth-order valence-electron chi connectivity index (χ4n) is 3.83. The molecule has 3 unspecified atom stereocenters. The molecule has 0 spiro atoms. The first-order valence-electron chi connectivity index (χ1n) is 9.87. The standard InChI is InChI=1S/C23H29NO3S2/c1-14-8-9-17(23(6,13-14)28-7)20(25)24-15(2)27-21(26)19-18(24)12-16(29-19)10-11-22(3,4)5/h8,12,15,17H,9,13H2,1-7H3. The van der Waals surface area contributed by atoms with Crippen LogP contribution in [0.25, 0.3) is 0 Å². The Kier molecular flexibility index (Phi) is 5.95. The molecule has 2 heterocycles. The van der Waals surface area contributed by atoms with Crippen molar-refractivity contribution in [3.05, 3.63) is 27.5 Å². The zero-order valence-corrected chi connectivity index (χ0v) is 19.8. The summed E-state index contributed by atoms with van der Waals surface area (Å²) in [6.45, 7) is 12.2. The molecule has 0 bridgehead atoms. The normalized spacial score (nSPS) is 26.8. The first-order valence-corrected chi connectivity index (χ1v) is 11.9. The Hall–Kier alpha value is -1.71. The van der Waals surface area contributed by atoms with Gasteiger partial charge < -0.3 is 4.74 Å². The summed E-state index contributed by atoms with van der Waals surface area (Å²) < 4.78 is 5.35. The van der Waals surface area contributed by atoms with Crippen molar-refractivity contribution >= 4 is 40.7 Å². The van der Waals surface area contributed by atoms with E-state index >= 15 is 0 Å². The molecule has 4 nitrogen and oxygen atoms in total. The second kappa shape index (κ2) is 7.85. The van der Waals surface area contributed by atoms with E-state index in [1.54, 1.807) is 23.6 Å². The predicted octanol–water partition coefficient (Wildman–Crippen LogP) is 5.47. The molecule has 0 radical (unpaired) electrons. The van der Waals surface area contributed by atoms with Crippen molar-refractivity contribution in [2.24, 2.45) is 11.3 Å². The Bertz CT molecular complexity index is 928. The van der Waals surface area contributed by atoms with Gasteiger partial charge in [0.15, 0.2) is 6.23 Å². The second-order valence-corrected chi connectivity index (χ2v) is 11.5. The van der Waals surface area contributed by atoms with E-state index in [2.05, 4.69) is 38.0 Å². The third-order valence-corrected chi connectivity index (χ3v) is 7.81. The smallest absolute Gasteiger partial charge is 0.352 e. The largest absolute Gasteiger partial charge is 0.437 e. The zero-order chi connectivity index (χ0) is 21.6. The summed E-state index contributed by atoms with van der Waals surface area (Å²) in [4.78, 5) is 29.1. The topological polar surface area (TPSA) is 46.6 Å². The van der Waals surface area contributed by atoms with Gasteiger partial charge in [0.1, 0.15) is 4.88 Å². The summed E-state index contributed by atoms with van der Waals surface area (Å²) in [5, 5.41) is 0. The van der Waals surface area contributed by atoms with Gasteiger partial charge in [-0.1, -0.05) is 23.5 Å². The number of hydrogen-bond donors (Lipinski definition) is 0. The number of allylic oxidation sites excluding steroid dienone is 2. The molecule has 6 heteroatoms. The van der Waals surface area contributed by atoms with Crippen LogP contribution in [0.3, 0.4) is 0 Å². The molecule has 1 aromatic heterocycles. The number of hydrogen-bond acceptors (Lipinski definition) is 5. The van der Waals surface area contributed by atoms with Gasteiger partial charge >= 0.3 is 5.97 Å². The lowest BCUT2D eigenvalue weighted by Crippen LogP contribution is -2.52. The summed E-state index contributed by atoms with van der Waals surface area (Å²) in [5.74, 6) is 5.83. The maximum atomic E-state index is 13.7. The number of esters is 1. The molecule has 1 aliphatic heterocycles. The molecule has 1 amide bonds. The van der Waals surface area contributed by atoms with Gasteiger partial charge in [0.25, 0.3) is 0 Å². The van der Waals surface area contributed by atoms with Crippen LogP contribution in [0.15, 0.2) is 17.7 Å². The number of carbonyl (C=O) groups excluding carboxylic acids is 2. The maximum absolute atomic E-state index is 13.7. The number of rotatable bonds is 2. The van der Waals surface area contributed by atoms with E-state index in [1.165, 1.54) is 16.9 Å². The molecular weight excluding hydrogens is 402 g/mol. The van der Waals surface area contributed by atoms with Crippen molar-refractivity contribution in [2.75, 3.05) is 11.2 Å². The minimum absolute atomic E-state index is 0.0139. The molecule has 0 N–H and O–H groups in total. The van der Waals surface area contributed by atoms with Gasteiger partial charge in [0.05, 0.1) is 16.5 Å². The first kappa shape index (κ1) is 22.0. The van der Waals surface area contributed by atoms with Gasteiger partial charge in [0.2, 0.25) is 5.91 Å². The monoisotopic (exact) mass is 431 g/mol. The molecule has 0 saturated carbocycles. The Morgan fingerprint density at radius 2 is 2.10 bits per heavy atom. The maximum Gasteiger partial charge on any atom is 0.352 e. The molecule has 156 valence electrons. The lowest BCUT2D eigenvalue weighted by Gasteiger charge is -2.42. The Morgan fingerprint density at radius 3 is 2.72 bits per heavy atom. The molecule has 3 rings (SSSR count). The number of thioether (sulfide) groups is 1. The van der Waals surface area contributed by atoms with Crippen molar-refractivity contribution in [3.8, 4) is 11.8 Å². The number of anilines is 1. The number of carbonyl (C=O) groups is 2. The lowest BCUT2D eigenvalue weighted by atomic mass is 9.79. The lowest BCUT2D eigenvalue weighted by molar-refractivity contribution is -0.125. The molecule has 29 heavy (non-hydrogen) atoms. The molecule has 2 aliphatic rings. The van der Waals surface area contributed by atoms with Crippen molar-refractivity contribution in [2.45, 2.75) is 65.4 Å². The minimum Gasteiger partial charge on any atom is -0.437 e. The van der Waals surface area contributed by atoms with Crippen LogP contribution in [-0.4, -0.2) is 29.1 Å². The van der Waals surface area contributed by atoms with Crippen molar-refractivity contribution < 1.29 is 14.3 Å². The molecule has 0 fully saturated rings. The summed E-state index contributed by atoms with van der Waals surface area (Å²) in [5.41, 5.74) is 1.82. The van der Waals surface area contributed by atoms with Gasteiger partial charge in [-0.25, -0.2) is 4.79 Å². The van der Waals surface area contributed by atoms with Gasteiger partial charge in [0, 0.05) is 10.2 Å². The van der Waals surface area contributed by atoms with Crippen LogP contribution >= 0.6 is 23.1 Å². The van der Waals surface area contributed by atoms with Crippen molar-refractivity contribution in [1.82, 2.24) is 0 Å². The van der Waals surface area contributed by atoms with E-state index in [0.29, 0.717) is 17.0 Å².